The van der Waals surface area contributed by atoms with E-state index >= 15 is 0 Å². The molecule has 132 valence electrons. The first-order valence-corrected chi connectivity index (χ1v) is 9.98. The molecule has 7 heteroatoms. The second-order valence-electron chi connectivity index (χ2n) is 6.64. The fraction of sp³-hybridized carbons (Fsp3) is 0.389. The van der Waals surface area contributed by atoms with Crippen LogP contribution in [-0.2, 0) is 16.4 Å². The molecule has 0 unspecified atom stereocenters. The lowest BCUT2D eigenvalue weighted by molar-refractivity contribution is 0.143. The number of nitrogens with one attached hydrogen (secondary N) is 1. The van der Waals surface area contributed by atoms with Gasteiger partial charge in [0.25, 0.3) is 0 Å². The number of sulfonamides is 1. The number of fused-ring (bicyclic) bond motifs is 1. The average Bonchev–Trinajstić information content (AvgIpc) is 3.16. The molecular formula is C18H22N4O2S. The van der Waals surface area contributed by atoms with Gasteiger partial charge in [0, 0.05) is 32.0 Å². The number of rotatable bonds is 3. The fourth-order valence-corrected chi connectivity index (χ4v) is 5.22. The normalized spacial score (nSPS) is 22.4. The van der Waals surface area contributed by atoms with Gasteiger partial charge in [0.2, 0.25) is 10.0 Å². The van der Waals surface area contributed by atoms with Crippen LogP contribution in [0.15, 0.2) is 41.6 Å². The second kappa shape index (κ2) is 6.40. The maximum atomic E-state index is 13.2. The number of benzene rings is 1. The molecule has 1 aromatic carbocycles. The molecule has 1 saturated heterocycles. The van der Waals surface area contributed by atoms with Gasteiger partial charge in [0.15, 0.2) is 0 Å². The highest BCUT2D eigenvalue weighted by molar-refractivity contribution is 7.93. The van der Waals surface area contributed by atoms with Crippen molar-refractivity contribution < 1.29 is 8.42 Å². The Balaban J connectivity index is 1.62. The van der Waals surface area contributed by atoms with Crippen molar-refractivity contribution in [1.82, 2.24) is 19.2 Å². The summed E-state index contributed by atoms with van der Waals surface area (Å²) < 4.78 is 28.0. The van der Waals surface area contributed by atoms with Gasteiger partial charge >= 0.3 is 0 Å². The second-order valence-corrected chi connectivity index (χ2v) is 8.63. The van der Waals surface area contributed by atoms with Gasteiger partial charge in [-0.2, -0.15) is 4.31 Å². The zero-order chi connectivity index (χ0) is 17.4. The van der Waals surface area contributed by atoms with Crippen molar-refractivity contribution in [3.05, 3.63) is 58.5 Å². The van der Waals surface area contributed by atoms with Crippen molar-refractivity contribution in [3.8, 4) is 0 Å². The number of likely N-dealkylation sites (N-methyl/N-ethyl adjacent to an activating group) is 1. The highest BCUT2D eigenvalue weighted by atomic mass is 32.2. The lowest BCUT2D eigenvalue weighted by atomic mass is 9.98. The summed E-state index contributed by atoms with van der Waals surface area (Å²) in [6, 6.07) is 7.96. The molecule has 0 spiro atoms. The zero-order valence-electron chi connectivity index (χ0n) is 14.2. The molecule has 1 aliphatic heterocycles. The SMILES string of the molecule is CN1CCN(S(=O)(=O)C2=Cc3ccccc3CC2)C[C@@H]1c1ncc[nH]1. The van der Waals surface area contributed by atoms with Gasteiger partial charge in [0.1, 0.15) is 5.82 Å². The third-order valence-corrected chi connectivity index (χ3v) is 7.13. The summed E-state index contributed by atoms with van der Waals surface area (Å²) in [5.74, 6) is 0.811. The number of hydrogen-bond acceptors (Lipinski definition) is 4. The van der Waals surface area contributed by atoms with E-state index in [1.807, 2.05) is 31.3 Å². The van der Waals surface area contributed by atoms with Crippen LogP contribution in [0.25, 0.3) is 6.08 Å². The fourth-order valence-electron chi connectivity index (χ4n) is 3.60. The predicted octanol–water partition coefficient (Wildman–Crippen LogP) is 2.02. The van der Waals surface area contributed by atoms with Gasteiger partial charge in [-0.1, -0.05) is 24.3 Å². The molecule has 1 fully saturated rings. The third kappa shape index (κ3) is 3.03. The molecule has 1 aromatic heterocycles. The molecule has 25 heavy (non-hydrogen) atoms. The van der Waals surface area contributed by atoms with Crippen LogP contribution < -0.4 is 0 Å². The number of aromatic nitrogens is 2. The number of nitrogens with zero attached hydrogens (tertiary/aromatic N) is 3. The molecule has 6 nitrogen and oxygen atoms in total. The van der Waals surface area contributed by atoms with Crippen molar-refractivity contribution in [2.24, 2.45) is 0 Å². The lowest BCUT2D eigenvalue weighted by Crippen LogP contribution is -2.49. The Morgan fingerprint density at radius 3 is 2.84 bits per heavy atom. The minimum Gasteiger partial charge on any atom is -0.347 e. The Labute approximate surface area is 148 Å². The molecule has 0 radical (unpaired) electrons. The molecule has 0 amide bonds. The van der Waals surface area contributed by atoms with Crippen LogP contribution in [0.1, 0.15) is 29.4 Å². The van der Waals surface area contributed by atoms with E-state index in [4.69, 9.17) is 0 Å². The topological polar surface area (TPSA) is 69.3 Å². The first-order chi connectivity index (χ1) is 12.1. The molecule has 1 N–H and O–H groups in total. The van der Waals surface area contributed by atoms with Crippen LogP contribution in [-0.4, -0.2) is 54.3 Å². The number of hydrogen-bond donors (Lipinski definition) is 1. The summed E-state index contributed by atoms with van der Waals surface area (Å²) in [4.78, 5) is 10.1. The van der Waals surface area contributed by atoms with E-state index in [9.17, 15) is 8.42 Å². The number of aromatic amines is 1. The highest BCUT2D eigenvalue weighted by Gasteiger charge is 2.36. The van der Waals surface area contributed by atoms with E-state index in [1.165, 1.54) is 5.56 Å². The van der Waals surface area contributed by atoms with Crippen LogP contribution in [0.2, 0.25) is 0 Å². The molecule has 4 rings (SSSR count). The van der Waals surface area contributed by atoms with Gasteiger partial charge in [-0.15, -0.1) is 0 Å². The first-order valence-electron chi connectivity index (χ1n) is 8.54. The molecular weight excluding hydrogens is 336 g/mol. The van der Waals surface area contributed by atoms with E-state index < -0.39 is 10.0 Å². The highest BCUT2D eigenvalue weighted by Crippen LogP contribution is 2.31. The summed E-state index contributed by atoms with van der Waals surface area (Å²) >= 11 is 0. The predicted molar refractivity (Wildman–Crippen MR) is 97.2 cm³/mol. The Morgan fingerprint density at radius 1 is 1.20 bits per heavy atom. The number of imidazole rings is 1. The van der Waals surface area contributed by atoms with E-state index in [0.717, 1.165) is 17.8 Å². The molecule has 2 aliphatic rings. The van der Waals surface area contributed by atoms with Crippen molar-refractivity contribution >= 4 is 16.1 Å². The van der Waals surface area contributed by atoms with E-state index in [0.29, 0.717) is 31.0 Å². The lowest BCUT2D eigenvalue weighted by Gasteiger charge is -2.38. The van der Waals surface area contributed by atoms with Crippen LogP contribution in [0.4, 0.5) is 0 Å². The Kier molecular flexibility index (Phi) is 4.23. The molecule has 1 atom stereocenters. The third-order valence-electron chi connectivity index (χ3n) is 5.13. The van der Waals surface area contributed by atoms with Gasteiger partial charge in [-0.25, -0.2) is 13.4 Å². The number of aryl methyl sites for hydroxylation is 1. The molecule has 0 bridgehead atoms. The Morgan fingerprint density at radius 2 is 2.04 bits per heavy atom. The summed E-state index contributed by atoms with van der Waals surface area (Å²) in [7, 11) is -1.44. The van der Waals surface area contributed by atoms with Crippen LogP contribution in [0.3, 0.4) is 0 Å². The molecule has 2 heterocycles. The standard InChI is InChI=1S/C18H22N4O2S/c1-21-10-11-22(13-17(21)18-19-8-9-20-18)25(23,24)16-7-6-14-4-2-3-5-15(14)12-16/h2-5,8-9,12,17H,6-7,10-11,13H2,1H3,(H,19,20)/t17-/m1/s1. The van der Waals surface area contributed by atoms with Crippen LogP contribution in [0.5, 0.6) is 0 Å². The van der Waals surface area contributed by atoms with E-state index in [-0.39, 0.29) is 6.04 Å². The number of allylic oxidation sites excluding steroid dienone is 1. The molecule has 2 aromatic rings. The van der Waals surface area contributed by atoms with Crippen molar-refractivity contribution in [2.75, 3.05) is 26.7 Å². The maximum Gasteiger partial charge on any atom is 0.239 e. The summed E-state index contributed by atoms with van der Waals surface area (Å²) in [5, 5.41) is 0. The van der Waals surface area contributed by atoms with E-state index in [2.05, 4.69) is 20.9 Å². The Bertz CT molecular complexity index is 890. The van der Waals surface area contributed by atoms with Crippen molar-refractivity contribution in [2.45, 2.75) is 18.9 Å². The van der Waals surface area contributed by atoms with Gasteiger partial charge in [-0.05, 0) is 37.1 Å². The minimum absolute atomic E-state index is 0.0463. The quantitative estimate of drug-likeness (QED) is 0.911. The summed E-state index contributed by atoms with van der Waals surface area (Å²) in [5.41, 5.74) is 2.23. The smallest absolute Gasteiger partial charge is 0.239 e. The summed E-state index contributed by atoms with van der Waals surface area (Å²) in [6.07, 6.45) is 6.66. The van der Waals surface area contributed by atoms with Gasteiger partial charge in [0.05, 0.1) is 10.9 Å². The maximum absolute atomic E-state index is 13.2. The zero-order valence-corrected chi connectivity index (χ0v) is 15.0. The number of piperazine rings is 1. The first kappa shape index (κ1) is 16.5. The van der Waals surface area contributed by atoms with E-state index in [1.54, 1.807) is 16.7 Å². The molecule has 0 saturated carbocycles. The summed E-state index contributed by atoms with van der Waals surface area (Å²) in [6.45, 7) is 1.62. The van der Waals surface area contributed by atoms with Crippen LogP contribution in [0, 0.1) is 0 Å². The molecule has 1 aliphatic carbocycles. The number of H-pyrrole nitrogens is 1. The van der Waals surface area contributed by atoms with Crippen LogP contribution >= 0.6 is 0 Å². The monoisotopic (exact) mass is 358 g/mol. The minimum atomic E-state index is -3.45. The Hall–Kier alpha value is -1.96. The van der Waals surface area contributed by atoms with Crippen molar-refractivity contribution in [1.29, 1.82) is 0 Å². The average molecular weight is 358 g/mol. The van der Waals surface area contributed by atoms with Gasteiger partial charge in [-0.3, -0.25) is 4.90 Å². The van der Waals surface area contributed by atoms with Gasteiger partial charge < -0.3 is 4.98 Å². The van der Waals surface area contributed by atoms with Crippen molar-refractivity contribution in [3.63, 3.8) is 0 Å². The largest absolute Gasteiger partial charge is 0.347 e.